The van der Waals surface area contributed by atoms with Crippen LogP contribution in [-0.4, -0.2) is 63.9 Å². The van der Waals surface area contributed by atoms with Crippen molar-refractivity contribution in [3.8, 4) is 11.5 Å². The van der Waals surface area contributed by atoms with E-state index in [-0.39, 0.29) is 6.10 Å². The first kappa shape index (κ1) is 16.1. The third kappa shape index (κ3) is 4.37. The summed E-state index contributed by atoms with van der Waals surface area (Å²) in [5.74, 6) is 1.23. The van der Waals surface area contributed by atoms with Gasteiger partial charge in [-0.1, -0.05) is 17.7 Å². The molecule has 0 amide bonds. The number of benzene rings is 1. The molecule has 6 heteroatoms. The molecule has 0 radical (unpaired) electrons. The minimum atomic E-state index is -0.269. The molecule has 1 aliphatic rings. The van der Waals surface area contributed by atoms with Gasteiger partial charge in [-0.3, -0.25) is 9.80 Å². The molecule has 1 N–H and O–H groups in total. The molecule has 0 saturated carbocycles. The van der Waals surface area contributed by atoms with Crippen molar-refractivity contribution in [1.29, 1.82) is 0 Å². The van der Waals surface area contributed by atoms with Gasteiger partial charge in [0.25, 0.3) is 0 Å². The van der Waals surface area contributed by atoms with Crippen LogP contribution < -0.4 is 0 Å². The molecule has 0 aliphatic carbocycles. The van der Waals surface area contributed by atoms with Crippen molar-refractivity contribution in [3.05, 3.63) is 35.7 Å². The van der Waals surface area contributed by atoms with E-state index in [0.717, 1.165) is 38.3 Å². The van der Waals surface area contributed by atoms with Crippen molar-refractivity contribution in [3.63, 3.8) is 0 Å². The van der Waals surface area contributed by atoms with Crippen LogP contribution in [-0.2, 0) is 6.54 Å². The monoisotopic (exact) mass is 316 g/mol. The summed E-state index contributed by atoms with van der Waals surface area (Å²) in [7, 11) is 0. The molecule has 2 heterocycles. The van der Waals surface area contributed by atoms with Crippen LogP contribution in [0.5, 0.6) is 0 Å². The van der Waals surface area contributed by atoms with E-state index in [9.17, 15) is 5.11 Å². The molecule has 3 rings (SSSR count). The number of nitrogens with zero attached hydrogens (tertiary/aromatic N) is 4. The second kappa shape index (κ2) is 7.21. The van der Waals surface area contributed by atoms with Gasteiger partial charge in [-0.15, -0.1) is 10.2 Å². The van der Waals surface area contributed by atoms with Crippen LogP contribution in [0.4, 0.5) is 0 Å². The van der Waals surface area contributed by atoms with E-state index in [1.54, 1.807) is 0 Å². The highest BCUT2D eigenvalue weighted by Crippen LogP contribution is 2.19. The number of hydrogen-bond acceptors (Lipinski definition) is 6. The first-order valence-corrected chi connectivity index (χ1v) is 8.12. The Morgan fingerprint density at radius 3 is 2.39 bits per heavy atom. The molecule has 1 atom stereocenters. The fourth-order valence-electron chi connectivity index (χ4n) is 2.83. The van der Waals surface area contributed by atoms with Crippen LogP contribution in [0.25, 0.3) is 11.5 Å². The summed E-state index contributed by atoms with van der Waals surface area (Å²) in [5, 5.41) is 17.8. The lowest BCUT2D eigenvalue weighted by Gasteiger charge is -2.34. The number of piperazine rings is 1. The maximum absolute atomic E-state index is 9.45. The van der Waals surface area contributed by atoms with Crippen LogP contribution in [0, 0.1) is 6.92 Å². The Morgan fingerprint density at radius 2 is 1.74 bits per heavy atom. The number of β-amino-alcohol motifs (C(OH)–C–C–N with tert-alkyl or cyclic N) is 1. The smallest absolute Gasteiger partial charge is 0.247 e. The lowest BCUT2D eigenvalue weighted by atomic mass is 10.1. The molecular formula is C17H24N4O2. The van der Waals surface area contributed by atoms with Crippen LogP contribution in [0.15, 0.2) is 28.7 Å². The average molecular weight is 316 g/mol. The van der Waals surface area contributed by atoms with Gasteiger partial charge in [0.05, 0.1) is 12.6 Å². The lowest BCUT2D eigenvalue weighted by molar-refractivity contribution is 0.0747. The van der Waals surface area contributed by atoms with Crippen LogP contribution >= 0.6 is 0 Å². The zero-order valence-electron chi connectivity index (χ0n) is 13.8. The first-order chi connectivity index (χ1) is 11.1. The highest BCUT2D eigenvalue weighted by Gasteiger charge is 2.20. The fraction of sp³-hybridized carbons (Fsp3) is 0.529. The summed E-state index contributed by atoms with van der Waals surface area (Å²) < 4.78 is 5.79. The highest BCUT2D eigenvalue weighted by atomic mass is 16.4. The Kier molecular flexibility index (Phi) is 5.05. The molecule has 1 saturated heterocycles. The normalized spacial score (nSPS) is 18.2. The molecule has 0 spiro atoms. The maximum atomic E-state index is 9.45. The zero-order valence-corrected chi connectivity index (χ0v) is 13.8. The Morgan fingerprint density at radius 1 is 1.09 bits per heavy atom. The quantitative estimate of drug-likeness (QED) is 0.903. The first-order valence-electron chi connectivity index (χ1n) is 8.12. The molecule has 1 aliphatic heterocycles. The Balaban J connectivity index is 1.55. The zero-order chi connectivity index (χ0) is 16.2. The van der Waals surface area contributed by atoms with Crippen molar-refractivity contribution >= 4 is 0 Å². The van der Waals surface area contributed by atoms with Crippen LogP contribution in [0.2, 0.25) is 0 Å². The van der Waals surface area contributed by atoms with E-state index < -0.39 is 0 Å². The number of hydrogen-bond donors (Lipinski definition) is 1. The number of aromatic nitrogens is 2. The minimum Gasteiger partial charge on any atom is -0.419 e. The second-order valence-electron chi connectivity index (χ2n) is 6.29. The standard InChI is InChI=1S/C17H24N4O2/c1-13-3-5-15(6-4-13)17-19-18-16(23-17)12-21-9-7-20(8-10-21)11-14(2)22/h3-6,14,22H,7-12H2,1-2H3. The molecule has 124 valence electrons. The Labute approximate surface area is 136 Å². The predicted octanol–water partition coefficient (Wildman–Crippen LogP) is 1.54. The summed E-state index contributed by atoms with van der Waals surface area (Å²) in [5.41, 5.74) is 2.17. The predicted molar refractivity (Wildman–Crippen MR) is 87.9 cm³/mol. The Bertz CT molecular complexity index is 616. The number of rotatable bonds is 5. The van der Waals surface area contributed by atoms with E-state index >= 15 is 0 Å². The minimum absolute atomic E-state index is 0.269. The van der Waals surface area contributed by atoms with Gasteiger partial charge in [-0.2, -0.15) is 0 Å². The SMILES string of the molecule is Cc1ccc(-c2nnc(CN3CCN(CC(C)O)CC3)o2)cc1. The molecule has 0 bridgehead atoms. The second-order valence-corrected chi connectivity index (χ2v) is 6.29. The van der Waals surface area contributed by atoms with Gasteiger partial charge in [-0.25, -0.2) is 0 Å². The number of aryl methyl sites for hydroxylation is 1. The molecule has 2 aromatic rings. The maximum Gasteiger partial charge on any atom is 0.247 e. The summed E-state index contributed by atoms with van der Waals surface area (Å²) >= 11 is 0. The molecule has 1 fully saturated rings. The summed E-state index contributed by atoms with van der Waals surface area (Å²) in [6.07, 6.45) is -0.269. The third-order valence-electron chi connectivity index (χ3n) is 4.11. The Hall–Kier alpha value is -1.76. The summed E-state index contributed by atoms with van der Waals surface area (Å²) in [4.78, 5) is 4.59. The molecule has 23 heavy (non-hydrogen) atoms. The van der Waals surface area contributed by atoms with Gasteiger partial charge in [-0.05, 0) is 26.0 Å². The van der Waals surface area contributed by atoms with Gasteiger partial charge >= 0.3 is 0 Å². The molecule has 1 aromatic carbocycles. The fourth-order valence-corrected chi connectivity index (χ4v) is 2.83. The van der Waals surface area contributed by atoms with Gasteiger partial charge in [0, 0.05) is 38.3 Å². The largest absolute Gasteiger partial charge is 0.419 e. The van der Waals surface area contributed by atoms with E-state index in [1.807, 2.05) is 31.2 Å². The molecule has 1 aromatic heterocycles. The van der Waals surface area contributed by atoms with E-state index in [2.05, 4.69) is 26.9 Å². The molecule has 6 nitrogen and oxygen atoms in total. The van der Waals surface area contributed by atoms with Gasteiger partial charge in [0.15, 0.2) is 0 Å². The van der Waals surface area contributed by atoms with E-state index in [4.69, 9.17) is 4.42 Å². The molecule has 1 unspecified atom stereocenters. The van der Waals surface area contributed by atoms with Gasteiger partial charge < -0.3 is 9.52 Å². The number of aliphatic hydroxyl groups excluding tert-OH is 1. The third-order valence-corrected chi connectivity index (χ3v) is 4.11. The van der Waals surface area contributed by atoms with Gasteiger partial charge in [0.1, 0.15) is 0 Å². The van der Waals surface area contributed by atoms with Gasteiger partial charge in [0.2, 0.25) is 11.8 Å². The topological polar surface area (TPSA) is 65.6 Å². The lowest BCUT2D eigenvalue weighted by Crippen LogP contribution is -2.47. The van der Waals surface area contributed by atoms with Crippen molar-refractivity contribution in [2.75, 3.05) is 32.7 Å². The number of aliphatic hydroxyl groups is 1. The summed E-state index contributed by atoms with van der Waals surface area (Å²) in [6.45, 7) is 9.14. The van der Waals surface area contributed by atoms with Crippen molar-refractivity contribution in [1.82, 2.24) is 20.0 Å². The highest BCUT2D eigenvalue weighted by molar-refractivity contribution is 5.52. The van der Waals surface area contributed by atoms with Crippen molar-refractivity contribution in [2.45, 2.75) is 26.5 Å². The van der Waals surface area contributed by atoms with Crippen molar-refractivity contribution in [2.24, 2.45) is 0 Å². The van der Waals surface area contributed by atoms with Crippen LogP contribution in [0.3, 0.4) is 0 Å². The van der Waals surface area contributed by atoms with Crippen LogP contribution in [0.1, 0.15) is 18.4 Å². The van der Waals surface area contributed by atoms with Crippen molar-refractivity contribution < 1.29 is 9.52 Å². The average Bonchev–Trinajstić information content (AvgIpc) is 2.98. The van der Waals surface area contributed by atoms with E-state index in [1.165, 1.54) is 5.56 Å². The summed E-state index contributed by atoms with van der Waals surface area (Å²) in [6, 6.07) is 8.09. The molecular weight excluding hydrogens is 292 g/mol. The van der Waals surface area contributed by atoms with E-state index in [0.29, 0.717) is 18.3 Å².